The first kappa shape index (κ1) is 23.1. The molecule has 1 aromatic rings. The fourth-order valence-corrected chi connectivity index (χ4v) is 3.40. The number of hydrogen-bond acceptors (Lipinski definition) is 5. The zero-order chi connectivity index (χ0) is 15.8. The summed E-state index contributed by atoms with van der Waals surface area (Å²) in [6.07, 6.45) is 2.30. The Bertz CT molecular complexity index is 488. The van der Waals surface area contributed by atoms with Gasteiger partial charge in [0.1, 0.15) is 0 Å². The molecule has 0 radical (unpaired) electrons. The van der Waals surface area contributed by atoms with Gasteiger partial charge in [-0.15, -0.1) is 36.2 Å². The Kier molecular flexibility index (Phi) is 12.0. The molecule has 2 amide bonds. The number of hydrogen-bond donors (Lipinski definition) is 3. The number of rotatable bonds is 7. The van der Waals surface area contributed by atoms with Crippen molar-refractivity contribution in [3.05, 3.63) is 22.4 Å². The van der Waals surface area contributed by atoms with Crippen LogP contribution in [0.5, 0.6) is 0 Å². The van der Waals surface area contributed by atoms with Crippen molar-refractivity contribution in [1.82, 2.24) is 15.5 Å². The van der Waals surface area contributed by atoms with E-state index in [1.807, 2.05) is 0 Å². The second-order valence-electron chi connectivity index (χ2n) is 5.61. The third-order valence-corrected chi connectivity index (χ3v) is 4.64. The molecule has 1 aliphatic heterocycles. The molecule has 0 bridgehead atoms. The van der Waals surface area contributed by atoms with Gasteiger partial charge in [-0.25, -0.2) is 0 Å². The highest BCUT2D eigenvalue weighted by atomic mass is 35.5. The van der Waals surface area contributed by atoms with Gasteiger partial charge < -0.3 is 16.4 Å². The molecule has 1 aliphatic rings. The van der Waals surface area contributed by atoms with E-state index in [0.717, 1.165) is 32.5 Å². The van der Waals surface area contributed by atoms with E-state index in [4.69, 9.17) is 5.73 Å². The smallest absolute Gasteiger partial charge is 0.239 e. The van der Waals surface area contributed by atoms with Crippen molar-refractivity contribution in [3.8, 4) is 0 Å². The van der Waals surface area contributed by atoms with Crippen LogP contribution in [0, 0.1) is 5.92 Å². The van der Waals surface area contributed by atoms with E-state index in [-0.39, 0.29) is 49.7 Å². The number of halogens is 2. The van der Waals surface area contributed by atoms with Gasteiger partial charge in [-0.05, 0) is 36.8 Å². The van der Waals surface area contributed by atoms with E-state index in [1.165, 1.54) is 4.88 Å². The first-order valence-corrected chi connectivity index (χ1v) is 8.53. The van der Waals surface area contributed by atoms with Crippen LogP contribution in [0.1, 0.15) is 17.7 Å². The monoisotopic (exact) mass is 396 g/mol. The van der Waals surface area contributed by atoms with E-state index < -0.39 is 0 Å². The number of likely N-dealkylation sites (tertiary alicyclic amines) is 1. The lowest BCUT2D eigenvalue weighted by Gasteiger charge is -2.32. The predicted molar refractivity (Wildman–Crippen MR) is 102 cm³/mol. The Morgan fingerprint density at radius 1 is 1.29 bits per heavy atom. The van der Waals surface area contributed by atoms with E-state index in [0.29, 0.717) is 12.5 Å². The van der Waals surface area contributed by atoms with Gasteiger partial charge in [0.2, 0.25) is 11.8 Å². The summed E-state index contributed by atoms with van der Waals surface area (Å²) in [6, 6.07) is 4.24. The van der Waals surface area contributed by atoms with E-state index in [9.17, 15) is 9.59 Å². The molecule has 138 valence electrons. The van der Waals surface area contributed by atoms with Crippen LogP contribution in [0.4, 0.5) is 0 Å². The summed E-state index contributed by atoms with van der Waals surface area (Å²) in [5.74, 6) is 0.00925. The van der Waals surface area contributed by atoms with Crippen LogP contribution >= 0.6 is 36.2 Å². The van der Waals surface area contributed by atoms with Gasteiger partial charge in [-0.3, -0.25) is 14.5 Å². The summed E-state index contributed by atoms with van der Waals surface area (Å²) < 4.78 is 0. The third-order valence-electron chi connectivity index (χ3n) is 3.78. The van der Waals surface area contributed by atoms with Gasteiger partial charge in [0.05, 0.1) is 13.1 Å². The highest BCUT2D eigenvalue weighted by Crippen LogP contribution is 2.19. The van der Waals surface area contributed by atoms with Crippen molar-refractivity contribution in [2.45, 2.75) is 19.4 Å². The SMILES string of the molecule is Cl.Cl.NCC(=O)NCC(=O)NCC1CCCN(Cc2cccs2)C1. The van der Waals surface area contributed by atoms with Crippen LogP contribution in [-0.4, -0.2) is 49.4 Å². The fourth-order valence-electron chi connectivity index (χ4n) is 2.66. The van der Waals surface area contributed by atoms with Crippen molar-refractivity contribution in [2.24, 2.45) is 11.7 Å². The minimum absolute atomic E-state index is 0. The second kappa shape index (κ2) is 12.5. The van der Waals surface area contributed by atoms with E-state index in [2.05, 4.69) is 33.0 Å². The molecule has 1 saturated heterocycles. The Hall–Kier alpha value is -0.860. The minimum atomic E-state index is -0.310. The standard InChI is InChI=1S/C15H24N4O2S.2ClH/c16-7-14(20)18-9-15(21)17-8-12-3-1-5-19(10-12)11-13-4-2-6-22-13;;/h2,4,6,12H,1,3,5,7-11,16H2,(H,17,21)(H,18,20);2*1H. The maximum Gasteiger partial charge on any atom is 0.239 e. The Morgan fingerprint density at radius 2 is 2.08 bits per heavy atom. The normalized spacial score (nSPS) is 17.3. The number of nitrogens with zero attached hydrogens (tertiary/aromatic N) is 1. The van der Waals surface area contributed by atoms with Crippen LogP contribution in [0.15, 0.2) is 17.5 Å². The largest absolute Gasteiger partial charge is 0.354 e. The van der Waals surface area contributed by atoms with Crippen LogP contribution in [0.25, 0.3) is 0 Å². The Morgan fingerprint density at radius 3 is 2.75 bits per heavy atom. The molecule has 2 rings (SSSR count). The molecule has 1 atom stereocenters. The minimum Gasteiger partial charge on any atom is -0.354 e. The van der Waals surface area contributed by atoms with Crippen LogP contribution in [0.2, 0.25) is 0 Å². The number of nitrogens with one attached hydrogen (secondary N) is 2. The third kappa shape index (κ3) is 8.30. The Balaban J connectivity index is 0.00000264. The number of carbonyl (C=O) groups excluding carboxylic acids is 2. The quantitative estimate of drug-likeness (QED) is 0.641. The molecule has 1 fully saturated rings. The van der Waals surface area contributed by atoms with Crippen molar-refractivity contribution >= 4 is 48.0 Å². The van der Waals surface area contributed by atoms with Gasteiger partial charge in [-0.2, -0.15) is 0 Å². The number of nitrogens with two attached hydrogens (primary N) is 1. The lowest BCUT2D eigenvalue weighted by atomic mass is 9.98. The molecule has 1 unspecified atom stereocenters. The maximum absolute atomic E-state index is 11.7. The predicted octanol–water partition coefficient (Wildman–Crippen LogP) is 0.995. The molecule has 0 aromatic carbocycles. The molecule has 1 aromatic heterocycles. The highest BCUT2D eigenvalue weighted by molar-refractivity contribution is 7.09. The lowest BCUT2D eigenvalue weighted by Crippen LogP contribution is -2.44. The molecular formula is C15H26Cl2N4O2S. The first-order chi connectivity index (χ1) is 10.7. The average molecular weight is 397 g/mol. The maximum atomic E-state index is 11.7. The van der Waals surface area contributed by atoms with E-state index in [1.54, 1.807) is 11.3 Å². The van der Waals surface area contributed by atoms with Crippen molar-refractivity contribution in [3.63, 3.8) is 0 Å². The van der Waals surface area contributed by atoms with Gasteiger partial charge >= 0.3 is 0 Å². The number of amides is 2. The zero-order valence-electron chi connectivity index (χ0n) is 13.5. The second-order valence-corrected chi connectivity index (χ2v) is 6.64. The molecule has 4 N–H and O–H groups in total. The molecule has 0 spiro atoms. The molecule has 9 heteroatoms. The van der Waals surface area contributed by atoms with Gasteiger partial charge in [0, 0.05) is 24.5 Å². The zero-order valence-corrected chi connectivity index (χ0v) is 16.0. The van der Waals surface area contributed by atoms with Crippen molar-refractivity contribution < 1.29 is 9.59 Å². The lowest BCUT2D eigenvalue weighted by molar-refractivity contribution is -0.125. The summed E-state index contributed by atoms with van der Waals surface area (Å²) in [5.41, 5.74) is 5.17. The average Bonchev–Trinajstić information content (AvgIpc) is 3.04. The topological polar surface area (TPSA) is 87.5 Å². The fraction of sp³-hybridized carbons (Fsp3) is 0.600. The molecular weight excluding hydrogens is 371 g/mol. The molecule has 2 heterocycles. The molecule has 0 saturated carbocycles. The summed E-state index contributed by atoms with van der Waals surface area (Å²) in [6.45, 7) is 3.70. The van der Waals surface area contributed by atoms with Crippen LogP contribution in [0.3, 0.4) is 0 Å². The van der Waals surface area contributed by atoms with Gasteiger partial charge in [-0.1, -0.05) is 6.07 Å². The van der Waals surface area contributed by atoms with Crippen molar-refractivity contribution in [2.75, 3.05) is 32.7 Å². The first-order valence-electron chi connectivity index (χ1n) is 7.65. The number of carbonyl (C=O) groups is 2. The summed E-state index contributed by atoms with van der Waals surface area (Å²) in [4.78, 5) is 26.5. The molecule has 24 heavy (non-hydrogen) atoms. The summed E-state index contributed by atoms with van der Waals surface area (Å²) >= 11 is 1.79. The molecule has 6 nitrogen and oxygen atoms in total. The Labute approximate surface area is 159 Å². The van der Waals surface area contributed by atoms with Crippen LogP contribution < -0.4 is 16.4 Å². The van der Waals surface area contributed by atoms with Crippen LogP contribution in [-0.2, 0) is 16.1 Å². The summed E-state index contributed by atoms with van der Waals surface area (Å²) in [5, 5.41) is 7.47. The number of thiophene rings is 1. The van der Waals surface area contributed by atoms with Gasteiger partial charge in [0.15, 0.2) is 0 Å². The molecule has 0 aliphatic carbocycles. The van der Waals surface area contributed by atoms with Crippen molar-refractivity contribution in [1.29, 1.82) is 0 Å². The number of piperidine rings is 1. The van der Waals surface area contributed by atoms with Gasteiger partial charge in [0.25, 0.3) is 0 Å². The summed E-state index contributed by atoms with van der Waals surface area (Å²) in [7, 11) is 0. The highest BCUT2D eigenvalue weighted by Gasteiger charge is 2.20. The van der Waals surface area contributed by atoms with E-state index >= 15 is 0 Å².